The van der Waals surface area contributed by atoms with Gasteiger partial charge in [-0.3, -0.25) is 19.2 Å². The molecule has 0 bridgehead atoms. The molecule has 9 heteroatoms. The summed E-state index contributed by atoms with van der Waals surface area (Å²) in [5, 5.41) is 14.3. The monoisotopic (exact) mass is 399 g/mol. The Balaban J connectivity index is 0.00000392. The summed E-state index contributed by atoms with van der Waals surface area (Å²) in [4.78, 5) is 51.1. The van der Waals surface area contributed by atoms with Crippen LogP contribution in [-0.4, -0.2) is 80.9 Å². The molecule has 0 atom stereocenters. The summed E-state index contributed by atoms with van der Waals surface area (Å²) in [6, 6.07) is 1.31. The molecule has 28 heavy (non-hydrogen) atoms. The fraction of sp³-hybridized carbons (Fsp3) is 0.526. The number of aliphatic hydroxyl groups excluding tert-OH is 1. The molecule has 148 valence electrons. The number of aryl methyl sites for hydroxylation is 2. The molecule has 1 aliphatic carbocycles. The minimum atomic E-state index is -0.795. The van der Waals surface area contributed by atoms with Crippen molar-refractivity contribution in [2.75, 3.05) is 14.1 Å². The summed E-state index contributed by atoms with van der Waals surface area (Å²) in [5.74, 6) is -1.74. The van der Waals surface area contributed by atoms with Crippen LogP contribution in [0.25, 0.3) is 0 Å². The van der Waals surface area contributed by atoms with Crippen LogP contribution in [0.4, 0.5) is 0 Å². The van der Waals surface area contributed by atoms with Crippen LogP contribution in [0.3, 0.4) is 0 Å². The second-order valence-corrected chi connectivity index (χ2v) is 7.86. The van der Waals surface area contributed by atoms with Crippen molar-refractivity contribution in [3.8, 4) is 0 Å². The van der Waals surface area contributed by atoms with Crippen molar-refractivity contribution in [2.45, 2.75) is 46.6 Å². The van der Waals surface area contributed by atoms with E-state index in [-0.39, 0.29) is 78.2 Å². The molecular formula is C19H26N3NaO5. The van der Waals surface area contributed by atoms with Gasteiger partial charge in [0.1, 0.15) is 11.3 Å². The van der Waals surface area contributed by atoms with Crippen molar-refractivity contribution >= 4 is 47.0 Å². The standard InChI is InChI=1S/C19H25N3O5.Na.H/c1-11-8-12(18(27)22(20-11)7-6-15(25)21(4)5)17(26)16-13(23)9-19(2,3)10-14(16)24;;/h8,23H,6-7,9-10H2,1-5H3;;. The van der Waals surface area contributed by atoms with Gasteiger partial charge >= 0.3 is 29.6 Å². The second-order valence-electron chi connectivity index (χ2n) is 7.86. The zero-order chi connectivity index (χ0) is 20.5. The first kappa shape index (κ1) is 24.3. The predicted molar refractivity (Wildman–Crippen MR) is 106 cm³/mol. The Labute approximate surface area is 185 Å². The van der Waals surface area contributed by atoms with E-state index in [9.17, 15) is 24.3 Å². The van der Waals surface area contributed by atoms with E-state index in [0.29, 0.717) is 5.69 Å². The maximum absolute atomic E-state index is 12.8. The van der Waals surface area contributed by atoms with Crippen LogP contribution in [0.1, 0.15) is 49.2 Å². The maximum atomic E-state index is 12.8. The van der Waals surface area contributed by atoms with Gasteiger partial charge in [-0.1, -0.05) is 13.8 Å². The summed E-state index contributed by atoms with van der Waals surface area (Å²) in [6.45, 7) is 5.28. The van der Waals surface area contributed by atoms with E-state index >= 15 is 0 Å². The Morgan fingerprint density at radius 1 is 1.25 bits per heavy atom. The molecule has 8 nitrogen and oxygen atoms in total. The first-order chi connectivity index (χ1) is 12.4. The van der Waals surface area contributed by atoms with Gasteiger partial charge in [-0.25, -0.2) is 4.68 Å². The van der Waals surface area contributed by atoms with Crippen LogP contribution >= 0.6 is 0 Å². The molecular weight excluding hydrogens is 373 g/mol. The fourth-order valence-corrected chi connectivity index (χ4v) is 3.09. The second kappa shape index (κ2) is 9.15. The van der Waals surface area contributed by atoms with Crippen LogP contribution in [0.2, 0.25) is 0 Å². The van der Waals surface area contributed by atoms with Gasteiger partial charge in [0, 0.05) is 33.4 Å². The van der Waals surface area contributed by atoms with Crippen molar-refractivity contribution in [1.29, 1.82) is 0 Å². The van der Waals surface area contributed by atoms with Crippen LogP contribution < -0.4 is 5.56 Å². The van der Waals surface area contributed by atoms with Gasteiger partial charge in [-0.15, -0.1) is 0 Å². The van der Waals surface area contributed by atoms with Gasteiger partial charge in [0.25, 0.3) is 5.56 Å². The predicted octanol–water partition coefficient (Wildman–Crippen LogP) is 0.765. The molecule has 1 aromatic rings. The van der Waals surface area contributed by atoms with Gasteiger partial charge in [-0.2, -0.15) is 5.10 Å². The van der Waals surface area contributed by atoms with E-state index in [1.807, 2.05) is 13.8 Å². The Kier molecular flexibility index (Phi) is 7.93. The number of aliphatic hydroxyl groups is 1. The summed E-state index contributed by atoms with van der Waals surface area (Å²) in [6.07, 6.45) is 0.362. The van der Waals surface area contributed by atoms with Gasteiger partial charge in [-0.05, 0) is 18.4 Å². The Morgan fingerprint density at radius 2 is 1.86 bits per heavy atom. The quantitative estimate of drug-likeness (QED) is 0.445. The molecule has 0 radical (unpaired) electrons. The average Bonchev–Trinajstić information content (AvgIpc) is 2.52. The van der Waals surface area contributed by atoms with E-state index < -0.39 is 22.5 Å². The molecule has 0 aliphatic heterocycles. The number of nitrogens with zero attached hydrogens (tertiary/aromatic N) is 3. The third kappa shape index (κ3) is 5.40. The van der Waals surface area contributed by atoms with Gasteiger partial charge in [0.15, 0.2) is 5.78 Å². The van der Waals surface area contributed by atoms with Crippen molar-refractivity contribution < 1.29 is 19.5 Å². The molecule has 0 saturated heterocycles. The van der Waals surface area contributed by atoms with E-state index in [1.165, 1.54) is 11.0 Å². The van der Waals surface area contributed by atoms with E-state index in [2.05, 4.69) is 5.10 Å². The van der Waals surface area contributed by atoms with E-state index in [0.717, 1.165) is 4.68 Å². The van der Waals surface area contributed by atoms with Crippen LogP contribution in [0, 0.1) is 12.3 Å². The van der Waals surface area contributed by atoms with Crippen molar-refractivity contribution in [1.82, 2.24) is 14.7 Å². The number of carbonyl (C=O) groups excluding carboxylic acids is 3. The third-order valence-electron chi connectivity index (χ3n) is 4.46. The van der Waals surface area contributed by atoms with Crippen molar-refractivity contribution in [3.05, 3.63) is 39.0 Å². The van der Waals surface area contributed by atoms with Gasteiger partial charge in [0.05, 0.1) is 17.8 Å². The first-order valence-electron chi connectivity index (χ1n) is 8.72. The summed E-state index contributed by atoms with van der Waals surface area (Å²) in [5.41, 5.74) is -1.28. The summed E-state index contributed by atoms with van der Waals surface area (Å²) in [7, 11) is 3.21. The number of hydrogen-bond donors (Lipinski definition) is 1. The third-order valence-corrected chi connectivity index (χ3v) is 4.46. The van der Waals surface area contributed by atoms with Gasteiger partial charge in [0.2, 0.25) is 11.7 Å². The Hall–Kier alpha value is -1.77. The summed E-state index contributed by atoms with van der Waals surface area (Å²) < 4.78 is 1.05. The Morgan fingerprint density at radius 3 is 2.39 bits per heavy atom. The van der Waals surface area contributed by atoms with Crippen molar-refractivity contribution in [3.63, 3.8) is 0 Å². The van der Waals surface area contributed by atoms with Gasteiger partial charge < -0.3 is 10.0 Å². The zero-order valence-electron chi connectivity index (χ0n) is 16.3. The molecule has 0 fully saturated rings. The number of hydrogen-bond acceptors (Lipinski definition) is 6. The van der Waals surface area contributed by atoms with Crippen LogP contribution in [-0.2, 0) is 16.1 Å². The van der Waals surface area contributed by atoms with Crippen molar-refractivity contribution in [2.24, 2.45) is 5.41 Å². The average molecular weight is 399 g/mol. The number of ketones is 2. The molecule has 1 N–H and O–H groups in total. The molecule has 1 aliphatic rings. The normalized spacial score (nSPS) is 15.8. The van der Waals surface area contributed by atoms with Crippen LogP contribution in [0.5, 0.6) is 0 Å². The molecule has 0 aromatic carbocycles. The Bertz CT molecular complexity index is 899. The number of aromatic nitrogens is 2. The molecule has 0 saturated carbocycles. The molecule has 2 rings (SSSR count). The topological polar surface area (TPSA) is 110 Å². The first-order valence-corrected chi connectivity index (χ1v) is 8.72. The zero-order valence-corrected chi connectivity index (χ0v) is 16.3. The molecule has 0 unspecified atom stereocenters. The van der Waals surface area contributed by atoms with E-state index in [4.69, 9.17) is 0 Å². The summed E-state index contributed by atoms with van der Waals surface area (Å²) >= 11 is 0. The van der Waals surface area contributed by atoms with E-state index in [1.54, 1.807) is 21.0 Å². The molecule has 0 spiro atoms. The molecule has 1 heterocycles. The van der Waals surface area contributed by atoms with Crippen LogP contribution in [0.15, 0.2) is 22.2 Å². The number of carbonyl (C=O) groups is 3. The number of rotatable bonds is 5. The number of allylic oxidation sites excluding steroid dienone is 2. The number of Topliss-reactive ketones (excluding diaryl/α,β-unsaturated/α-hetero) is 2. The SMILES string of the molecule is Cc1cc(C(=O)C2=C(O)CC(C)(C)CC2=O)c(=O)n(CCC(=O)N(C)C)n1.[NaH]. The molecule has 1 aromatic heterocycles. The fourth-order valence-electron chi connectivity index (χ4n) is 3.09. The minimum absolute atomic E-state index is 0. The molecule has 1 amide bonds. The number of amides is 1.